The summed E-state index contributed by atoms with van der Waals surface area (Å²) in [5, 5.41) is 2.70. The number of carbonyl (C=O) groups excluding carboxylic acids is 1. The molecule has 3 N–H and O–H groups in total. The van der Waals surface area contributed by atoms with Crippen molar-refractivity contribution < 1.29 is 18.3 Å². The molecule has 2 aromatic rings. The number of alkyl carbamates (subject to hydrolysis) is 1. The number of rotatable bonds is 4. The molecule has 1 unspecified atom stereocenters. The Kier molecular flexibility index (Phi) is 9.48. The van der Waals surface area contributed by atoms with E-state index in [0.717, 1.165) is 6.07 Å². The number of amides is 1. The minimum absolute atomic E-state index is 0.0931. The van der Waals surface area contributed by atoms with Crippen molar-refractivity contribution in [1.82, 2.24) is 10.3 Å². The van der Waals surface area contributed by atoms with Crippen molar-refractivity contribution in [2.45, 2.75) is 52.7 Å². The summed E-state index contributed by atoms with van der Waals surface area (Å²) >= 11 is 6.62. The number of halogens is 4. The fraction of sp³-hybridized carbons (Fsp3) is 0.400. The fourth-order valence-electron chi connectivity index (χ4n) is 2.37. The van der Waals surface area contributed by atoms with Gasteiger partial charge in [-0.1, -0.05) is 13.8 Å². The Bertz CT molecular complexity index is 838. The zero-order valence-electron chi connectivity index (χ0n) is 16.9. The maximum Gasteiger partial charge on any atom is 0.408 e. The number of hydrogen-bond acceptors (Lipinski definition) is 4. The molecule has 1 aromatic heterocycles. The molecule has 1 heterocycles. The van der Waals surface area contributed by atoms with Crippen molar-refractivity contribution in [3.05, 3.63) is 56.2 Å². The molecule has 1 aromatic carbocycles. The lowest BCUT2D eigenvalue weighted by molar-refractivity contribution is 0.0502. The van der Waals surface area contributed by atoms with Crippen molar-refractivity contribution in [2.75, 3.05) is 5.73 Å². The van der Waals surface area contributed by atoms with Crippen LogP contribution in [0.25, 0.3) is 0 Å². The summed E-state index contributed by atoms with van der Waals surface area (Å²) in [6, 6.07) is 4.10. The van der Waals surface area contributed by atoms with Crippen LogP contribution in [-0.2, 0) is 11.2 Å². The van der Waals surface area contributed by atoms with Crippen LogP contribution in [0.15, 0.2) is 33.3 Å². The first-order valence-electron chi connectivity index (χ1n) is 9.00. The molecule has 1 amide bonds. The first-order chi connectivity index (χ1) is 13.4. The Hall–Kier alpha value is -1.74. The summed E-state index contributed by atoms with van der Waals surface area (Å²) in [6.07, 6.45) is -0.582. The monoisotopic (exact) mass is 535 g/mol. The largest absolute Gasteiger partial charge is 0.444 e. The van der Waals surface area contributed by atoms with Crippen molar-refractivity contribution in [3.63, 3.8) is 0 Å². The molecule has 29 heavy (non-hydrogen) atoms. The standard InChI is InChI=1S/C18H19Br2F2N3O2.C2H6/c1-18(2,3)27-17(26)24-14(6-9-4-10(21)7-11(22)5-9)15-12(19)8-13(23)16(20)25-15;1-2/h4-5,7-8,14H,6,23H2,1-3H3,(H,24,26);1-2H3. The SMILES string of the molecule is CC.CC(C)(C)OC(=O)NC(Cc1cc(F)cc(F)c1)c1nc(Br)c(N)cc1Br. The van der Waals surface area contributed by atoms with Crippen molar-refractivity contribution in [1.29, 1.82) is 0 Å². The normalized spacial score (nSPS) is 11.9. The van der Waals surface area contributed by atoms with E-state index in [9.17, 15) is 13.6 Å². The molecule has 0 spiro atoms. The molecule has 0 saturated heterocycles. The summed E-state index contributed by atoms with van der Waals surface area (Å²) in [6.45, 7) is 9.20. The lowest BCUT2D eigenvalue weighted by Crippen LogP contribution is -2.36. The van der Waals surface area contributed by atoms with Crippen LogP contribution in [0.5, 0.6) is 0 Å². The molecule has 0 aliphatic carbocycles. The van der Waals surface area contributed by atoms with E-state index < -0.39 is 29.4 Å². The summed E-state index contributed by atoms with van der Waals surface area (Å²) in [5.74, 6) is -1.40. The highest BCUT2D eigenvalue weighted by Crippen LogP contribution is 2.30. The zero-order chi connectivity index (χ0) is 22.4. The zero-order valence-corrected chi connectivity index (χ0v) is 20.1. The van der Waals surface area contributed by atoms with Crippen molar-refractivity contribution in [3.8, 4) is 0 Å². The second-order valence-corrected chi connectivity index (χ2v) is 8.52. The van der Waals surface area contributed by atoms with Gasteiger partial charge in [-0.25, -0.2) is 18.6 Å². The van der Waals surface area contributed by atoms with Crippen LogP contribution >= 0.6 is 31.9 Å². The number of pyridine rings is 1. The summed E-state index contributed by atoms with van der Waals surface area (Å²) in [7, 11) is 0. The van der Waals surface area contributed by atoms with Gasteiger partial charge in [0.25, 0.3) is 0 Å². The quantitative estimate of drug-likeness (QED) is 0.449. The van der Waals surface area contributed by atoms with Gasteiger partial charge in [0.05, 0.1) is 17.4 Å². The van der Waals surface area contributed by atoms with Crippen LogP contribution in [0.4, 0.5) is 19.3 Å². The van der Waals surface area contributed by atoms with E-state index in [1.54, 1.807) is 26.8 Å². The predicted molar refractivity (Wildman–Crippen MR) is 118 cm³/mol. The lowest BCUT2D eigenvalue weighted by atomic mass is 10.0. The molecule has 1 atom stereocenters. The van der Waals surface area contributed by atoms with Gasteiger partial charge in [0.2, 0.25) is 0 Å². The molecule has 0 bridgehead atoms. The van der Waals surface area contributed by atoms with Crippen LogP contribution in [0, 0.1) is 11.6 Å². The number of nitrogens with zero attached hydrogens (tertiary/aromatic N) is 1. The second kappa shape index (κ2) is 10.9. The highest BCUT2D eigenvalue weighted by Gasteiger charge is 2.24. The van der Waals surface area contributed by atoms with E-state index in [2.05, 4.69) is 42.2 Å². The maximum atomic E-state index is 13.6. The van der Waals surface area contributed by atoms with Gasteiger partial charge in [0, 0.05) is 10.5 Å². The number of anilines is 1. The average Bonchev–Trinajstić information content (AvgIpc) is 2.57. The van der Waals surface area contributed by atoms with Gasteiger partial charge in [-0.3, -0.25) is 0 Å². The van der Waals surface area contributed by atoms with Gasteiger partial charge in [0.1, 0.15) is 21.8 Å². The molecule has 9 heteroatoms. The topological polar surface area (TPSA) is 77.2 Å². The summed E-state index contributed by atoms with van der Waals surface area (Å²) < 4.78 is 33.3. The minimum atomic E-state index is -0.715. The first kappa shape index (κ1) is 25.3. The Balaban J connectivity index is 0.00000204. The molecule has 0 saturated carbocycles. The first-order valence-corrected chi connectivity index (χ1v) is 10.6. The molecule has 2 rings (SSSR count). The van der Waals surface area contributed by atoms with Crippen LogP contribution in [-0.4, -0.2) is 16.7 Å². The van der Waals surface area contributed by atoms with E-state index >= 15 is 0 Å². The lowest BCUT2D eigenvalue weighted by Gasteiger charge is -2.24. The van der Waals surface area contributed by atoms with Gasteiger partial charge in [-0.05, 0) is 82.8 Å². The summed E-state index contributed by atoms with van der Waals surface area (Å²) in [5.41, 5.74) is 6.31. The van der Waals surface area contributed by atoms with Crippen LogP contribution in [0.2, 0.25) is 0 Å². The molecule has 160 valence electrons. The van der Waals surface area contributed by atoms with Gasteiger partial charge in [-0.2, -0.15) is 0 Å². The Morgan fingerprint density at radius 2 is 1.72 bits per heavy atom. The molecule has 0 aliphatic rings. The number of nitrogens with two attached hydrogens (primary N) is 1. The maximum absolute atomic E-state index is 13.6. The number of nitrogen functional groups attached to an aromatic ring is 1. The van der Waals surface area contributed by atoms with Crippen molar-refractivity contribution >= 4 is 43.6 Å². The molecular formula is C20H25Br2F2N3O2. The molecular weight excluding hydrogens is 512 g/mol. The average molecular weight is 537 g/mol. The van der Waals surface area contributed by atoms with Crippen LogP contribution in [0.1, 0.15) is 51.9 Å². The van der Waals surface area contributed by atoms with Gasteiger partial charge in [-0.15, -0.1) is 0 Å². The van der Waals surface area contributed by atoms with Crippen molar-refractivity contribution in [2.24, 2.45) is 0 Å². The van der Waals surface area contributed by atoms with Crippen LogP contribution in [0.3, 0.4) is 0 Å². The second-order valence-electron chi connectivity index (χ2n) is 6.92. The number of nitrogens with one attached hydrogen (secondary N) is 1. The smallest absolute Gasteiger partial charge is 0.408 e. The third-order valence-corrected chi connectivity index (χ3v) is 4.64. The fourth-order valence-corrected chi connectivity index (χ4v) is 3.29. The Morgan fingerprint density at radius 3 is 2.24 bits per heavy atom. The Morgan fingerprint density at radius 1 is 1.17 bits per heavy atom. The van der Waals surface area contributed by atoms with E-state index in [4.69, 9.17) is 10.5 Å². The molecule has 5 nitrogen and oxygen atoms in total. The number of benzene rings is 1. The Labute approximate surface area is 186 Å². The van der Waals surface area contributed by atoms with E-state index in [1.165, 1.54) is 12.1 Å². The third kappa shape index (κ3) is 8.26. The van der Waals surface area contributed by atoms with Gasteiger partial charge in [0.15, 0.2) is 0 Å². The highest BCUT2D eigenvalue weighted by atomic mass is 79.9. The highest BCUT2D eigenvalue weighted by molar-refractivity contribution is 9.11. The summed E-state index contributed by atoms with van der Waals surface area (Å²) in [4.78, 5) is 16.6. The third-order valence-electron chi connectivity index (χ3n) is 3.37. The van der Waals surface area contributed by atoms with Gasteiger partial charge >= 0.3 is 6.09 Å². The van der Waals surface area contributed by atoms with Crippen LogP contribution < -0.4 is 11.1 Å². The van der Waals surface area contributed by atoms with Gasteiger partial charge < -0.3 is 15.8 Å². The number of ether oxygens (including phenoxy) is 1. The number of hydrogen-bond donors (Lipinski definition) is 2. The predicted octanol–water partition coefficient (Wildman–Crippen LogP) is 6.30. The van der Waals surface area contributed by atoms with E-state index in [-0.39, 0.29) is 6.42 Å². The van der Waals surface area contributed by atoms with E-state index in [0.29, 0.717) is 26.0 Å². The molecule has 0 fully saturated rings. The minimum Gasteiger partial charge on any atom is -0.444 e. The van der Waals surface area contributed by atoms with E-state index in [1.807, 2.05) is 13.8 Å². The number of aromatic nitrogens is 1. The molecule has 0 aliphatic heterocycles. The molecule has 0 radical (unpaired) electrons. The number of carbonyl (C=O) groups is 1.